The molecule has 1 aromatic heterocycles. The summed E-state index contributed by atoms with van der Waals surface area (Å²) < 4.78 is 25.7. The lowest BCUT2D eigenvalue weighted by atomic mass is 10.3. The highest BCUT2D eigenvalue weighted by molar-refractivity contribution is 7.90. The highest BCUT2D eigenvalue weighted by atomic mass is 32.2. The van der Waals surface area contributed by atoms with Gasteiger partial charge in [-0.1, -0.05) is 0 Å². The van der Waals surface area contributed by atoms with E-state index in [2.05, 4.69) is 4.57 Å². The maximum atomic E-state index is 10.8. The van der Waals surface area contributed by atoms with Crippen LogP contribution in [0.2, 0.25) is 0 Å². The van der Waals surface area contributed by atoms with Gasteiger partial charge in [0.2, 0.25) is 6.33 Å². The minimum Gasteiger partial charge on any atom is -0.240 e. The van der Waals surface area contributed by atoms with Gasteiger partial charge in [-0.25, -0.2) is 17.6 Å². The average molecular weight is 217 g/mol. The molecule has 0 unspecified atom stereocenters. The molecule has 1 aromatic rings. The summed E-state index contributed by atoms with van der Waals surface area (Å²) in [5.74, 6) is 0.292. The lowest BCUT2D eigenvalue weighted by Crippen LogP contribution is -2.23. The van der Waals surface area contributed by atoms with E-state index in [4.69, 9.17) is 0 Å². The maximum absolute atomic E-state index is 10.8. The van der Waals surface area contributed by atoms with Crippen LogP contribution < -0.4 is 4.57 Å². The molecule has 0 spiro atoms. The lowest BCUT2D eigenvalue weighted by Gasteiger charge is -1.97. The Morgan fingerprint density at radius 3 is 2.57 bits per heavy atom. The van der Waals surface area contributed by atoms with Crippen molar-refractivity contribution in [3.8, 4) is 0 Å². The second-order valence-electron chi connectivity index (χ2n) is 3.65. The molecule has 14 heavy (non-hydrogen) atoms. The van der Waals surface area contributed by atoms with Gasteiger partial charge in [0.25, 0.3) is 0 Å². The summed E-state index contributed by atoms with van der Waals surface area (Å²) in [5, 5.41) is 0. The number of nitrogens with zero attached hydrogens (tertiary/aromatic N) is 2. The van der Waals surface area contributed by atoms with Crippen molar-refractivity contribution in [3.05, 3.63) is 18.7 Å². The number of unbranched alkanes of at least 4 members (excludes halogenated alkanes) is 1. The molecule has 80 valence electrons. The van der Waals surface area contributed by atoms with Gasteiger partial charge in [0, 0.05) is 6.26 Å². The number of hydrogen-bond acceptors (Lipinski definition) is 2. The highest BCUT2D eigenvalue weighted by Gasteiger charge is 2.03. The first-order valence-electron chi connectivity index (χ1n) is 4.66. The van der Waals surface area contributed by atoms with Crippen LogP contribution in [-0.4, -0.2) is 25.0 Å². The average Bonchev–Trinajstić information content (AvgIpc) is 2.44. The zero-order valence-electron chi connectivity index (χ0n) is 8.68. The van der Waals surface area contributed by atoms with Crippen molar-refractivity contribution >= 4 is 9.84 Å². The van der Waals surface area contributed by atoms with Crippen LogP contribution in [0.4, 0.5) is 0 Å². The van der Waals surface area contributed by atoms with Gasteiger partial charge in [-0.2, -0.15) is 0 Å². The molecule has 1 rings (SSSR count). The summed E-state index contributed by atoms with van der Waals surface area (Å²) in [4.78, 5) is 0. The van der Waals surface area contributed by atoms with E-state index in [-0.39, 0.29) is 0 Å². The van der Waals surface area contributed by atoms with Gasteiger partial charge in [-0.3, -0.25) is 0 Å². The molecule has 0 saturated carbocycles. The van der Waals surface area contributed by atoms with Crippen LogP contribution in [0, 0.1) is 0 Å². The van der Waals surface area contributed by atoms with Crippen molar-refractivity contribution in [2.24, 2.45) is 7.05 Å². The largest absolute Gasteiger partial charge is 0.243 e. The molecule has 0 saturated heterocycles. The minimum atomic E-state index is -2.79. The van der Waals surface area contributed by atoms with E-state index < -0.39 is 9.84 Å². The molecule has 0 aromatic carbocycles. The summed E-state index contributed by atoms with van der Waals surface area (Å²) in [5.41, 5.74) is 0. The lowest BCUT2D eigenvalue weighted by molar-refractivity contribution is -0.671. The van der Waals surface area contributed by atoms with Crippen LogP contribution in [0.1, 0.15) is 12.8 Å². The standard InChI is InChI=1S/C9H17N2O2S/c1-10-6-7-11(9-10)5-3-4-8-14(2,12)13/h6-7,9H,3-5,8H2,1-2H3/q+1. The Balaban J connectivity index is 2.23. The van der Waals surface area contributed by atoms with Gasteiger partial charge in [0.15, 0.2) is 0 Å². The molecule has 0 N–H and O–H groups in total. The Hall–Kier alpha value is -0.840. The smallest absolute Gasteiger partial charge is 0.240 e. The predicted molar refractivity (Wildman–Crippen MR) is 54.6 cm³/mol. The summed E-state index contributed by atoms with van der Waals surface area (Å²) in [7, 11) is -0.823. The van der Waals surface area contributed by atoms with Crippen LogP contribution in [0.3, 0.4) is 0 Å². The molecule has 1 heterocycles. The minimum absolute atomic E-state index is 0.292. The van der Waals surface area contributed by atoms with Crippen LogP contribution in [0.15, 0.2) is 18.7 Å². The molecule has 4 nitrogen and oxygen atoms in total. The van der Waals surface area contributed by atoms with Crippen molar-refractivity contribution in [1.29, 1.82) is 0 Å². The fourth-order valence-corrected chi connectivity index (χ4v) is 2.02. The van der Waals surface area contributed by atoms with E-state index >= 15 is 0 Å². The number of hydrogen-bond donors (Lipinski definition) is 0. The summed E-state index contributed by atoms with van der Waals surface area (Å²) >= 11 is 0. The summed E-state index contributed by atoms with van der Waals surface area (Å²) in [6.45, 7) is 0.885. The third-order valence-corrected chi connectivity index (χ3v) is 3.04. The zero-order valence-corrected chi connectivity index (χ0v) is 9.50. The molecule has 0 bridgehead atoms. The molecule has 0 aliphatic carbocycles. The zero-order chi connectivity index (χ0) is 10.6. The Morgan fingerprint density at radius 2 is 2.07 bits per heavy atom. The van der Waals surface area contributed by atoms with Crippen LogP contribution in [0.25, 0.3) is 0 Å². The van der Waals surface area contributed by atoms with Gasteiger partial charge in [-0.05, 0) is 12.8 Å². The first-order valence-corrected chi connectivity index (χ1v) is 6.72. The van der Waals surface area contributed by atoms with E-state index in [9.17, 15) is 8.42 Å². The van der Waals surface area contributed by atoms with Crippen LogP contribution in [-0.2, 0) is 23.4 Å². The highest BCUT2D eigenvalue weighted by Crippen LogP contribution is 1.97. The Labute approximate surface area is 85.1 Å². The van der Waals surface area contributed by atoms with Crippen LogP contribution in [0.5, 0.6) is 0 Å². The van der Waals surface area contributed by atoms with Crippen molar-refractivity contribution in [2.45, 2.75) is 19.4 Å². The van der Waals surface area contributed by atoms with Gasteiger partial charge in [-0.15, -0.1) is 0 Å². The normalized spacial score (nSPS) is 11.9. The maximum Gasteiger partial charge on any atom is 0.243 e. The summed E-state index contributed by atoms with van der Waals surface area (Å²) in [6, 6.07) is 0. The summed E-state index contributed by atoms with van der Waals surface area (Å²) in [6.07, 6.45) is 8.86. The van der Waals surface area contributed by atoms with Gasteiger partial charge in [0.1, 0.15) is 22.2 Å². The van der Waals surface area contributed by atoms with Crippen LogP contribution >= 0.6 is 0 Å². The van der Waals surface area contributed by atoms with Gasteiger partial charge >= 0.3 is 0 Å². The van der Waals surface area contributed by atoms with E-state index in [1.54, 1.807) is 0 Å². The van der Waals surface area contributed by atoms with Crippen molar-refractivity contribution in [3.63, 3.8) is 0 Å². The SMILES string of the molecule is C[n+]1ccn(CCCCS(C)(=O)=O)c1. The second-order valence-corrected chi connectivity index (χ2v) is 5.91. The first-order chi connectivity index (χ1) is 6.47. The van der Waals surface area contributed by atoms with E-state index in [1.807, 2.05) is 30.3 Å². The van der Waals surface area contributed by atoms with Gasteiger partial charge in [0.05, 0.1) is 19.3 Å². The topological polar surface area (TPSA) is 43.0 Å². The monoisotopic (exact) mass is 217 g/mol. The van der Waals surface area contributed by atoms with E-state index in [0.29, 0.717) is 5.75 Å². The third kappa shape index (κ3) is 4.41. The number of sulfone groups is 1. The Bertz CT molecular complexity index is 381. The molecule has 0 amide bonds. The first kappa shape index (κ1) is 11.2. The quantitative estimate of drug-likeness (QED) is 0.520. The number of rotatable bonds is 5. The fraction of sp³-hybridized carbons (Fsp3) is 0.667. The van der Waals surface area contributed by atoms with Gasteiger partial charge < -0.3 is 0 Å². The third-order valence-electron chi connectivity index (χ3n) is 2.01. The van der Waals surface area contributed by atoms with Crippen molar-refractivity contribution in [2.75, 3.05) is 12.0 Å². The molecule has 0 atom stereocenters. The molecule has 0 aliphatic heterocycles. The number of aryl methyl sites for hydroxylation is 2. The van der Waals surface area contributed by atoms with Crippen molar-refractivity contribution < 1.29 is 13.0 Å². The molecular weight excluding hydrogens is 200 g/mol. The Kier molecular flexibility index (Phi) is 3.69. The molecule has 0 aliphatic rings. The molecular formula is C9H17N2O2S+. The molecule has 5 heteroatoms. The second kappa shape index (κ2) is 4.59. The van der Waals surface area contributed by atoms with E-state index in [0.717, 1.165) is 19.4 Å². The molecule has 0 radical (unpaired) electrons. The predicted octanol–water partition coefficient (Wildman–Crippen LogP) is 0.137. The number of aromatic nitrogens is 2. The van der Waals surface area contributed by atoms with Crippen molar-refractivity contribution in [1.82, 2.24) is 4.57 Å². The Morgan fingerprint density at radius 1 is 1.36 bits per heavy atom. The number of imidazole rings is 1. The van der Waals surface area contributed by atoms with E-state index in [1.165, 1.54) is 6.26 Å². The fourth-order valence-electron chi connectivity index (χ4n) is 1.29. The molecule has 0 fully saturated rings.